The van der Waals surface area contributed by atoms with Gasteiger partial charge in [0.15, 0.2) is 6.29 Å². The molecule has 0 radical (unpaired) electrons. The average Bonchev–Trinajstić information content (AvgIpc) is 3.34. The zero-order valence-electron chi connectivity index (χ0n) is 18.2. The molecule has 0 aromatic heterocycles. The Morgan fingerprint density at radius 3 is 2.81 bits per heavy atom. The number of likely N-dealkylation sites (N-methyl/N-ethyl adjacent to an activating group) is 1. The van der Waals surface area contributed by atoms with Gasteiger partial charge in [-0.05, 0) is 66.9 Å². The third-order valence-electron chi connectivity index (χ3n) is 6.04. The maximum Gasteiger partial charge on any atom is 0.173 e. The second-order valence-electron chi connectivity index (χ2n) is 8.21. The van der Waals surface area contributed by atoms with Crippen LogP contribution in [0.1, 0.15) is 30.0 Å². The van der Waals surface area contributed by atoms with Gasteiger partial charge in [0.25, 0.3) is 0 Å². The SMILES string of the molecule is CCN(Cc1cccc(C2=CC=NC(NCCc3ccc(O)cc3)N2)c1)C1CCNC1. The van der Waals surface area contributed by atoms with Gasteiger partial charge >= 0.3 is 0 Å². The highest BCUT2D eigenvalue weighted by molar-refractivity contribution is 5.85. The first-order chi connectivity index (χ1) is 15.2. The second-order valence-corrected chi connectivity index (χ2v) is 8.21. The van der Waals surface area contributed by atoms with E-state index in [9.17, 15) is 5.11 Å². The number of phenolic OH excluding ortho intramolecular Hbond substituents is 1. The Kier molecular flexibility index (Phi) is 7.35. The summed E-state index contributed by atoms with van der Waals surface area (Å²) < 4.78 is 0. The minimum absolute atomic E-state index is 0.141. The monoisotopic (exact) mass is 419 g/mol. The van der Waals surface area contributed by atoms with Gasteiger partial charge in [0.05, 0.1) is 0 Å². The number of hydrogen-bond acceptors (Lipinski definition) is 6. The van der Waals surface area contributed by atoms with E-state index in [0.717, 1.165) is 44.8 Å². The Morgan fingerprint density at radius 1 is 1.16 bits per heavy atom. The van der Waals surface area contributed by atoms with Crippen LogP contribution in [0.25, 0.3) is 5.70 Å². The maximum absolute atomic E-state index is 9.40. The molecule has 4 N–H and O–H groups in total. The molecule has 0 aliphatic carbocycles. The molecule has 0 saturated carbocycles. The molecule has 0 amide bonds. The van der Waals surface area contributed by atoms with Crippen molar-refractivity contribution in [3.05, 3.63) is 71.3 Å². The Bertz CT molecular complexity index is 902. The lowest BCUT2D eigenvalue weighted by molar-refractivity contribution is 0.210. The molecule has 1 fully saturated rings. The van der Waals surface area contributed by atoms with Crippen molar-refractivity contribution < 1.29 is 5.11 Å². The fourth-order valence-corrected chi connectivity index (χ4v) is 4.26. The number of rotatable bonds is 9. The number of hydrogen-bond donors (Lipinski definition) is 4. The summed E-state index contributed by atoms with van der Waals surface area (Å²) in [7, 11) is 0. The molecule has 164 valence electrons. The van der Waals surface area contributed by atoms with Crippen LogP contribution in [0.15, 0.2) is 59.6 Å². The van der Waals surface area contributed by atoms with Crippen LogP contribution in [0.3, 0.4) is 0 Å². The first kappa shape index (κ1) is 21.6. The van der Waals surface area contributed by atoms with Gasteiger partial charge in [0, 0.05) is 37.6 Å². The molecule has 2 aliphatic heterocycles. The van der Waals surface area contributed by atoms with Crippen LogP contribution < -0.4 is 16.0 Å². The predicted molar refractivity (Wildman–Crippen MR) is 127 cm³/mol. The molecule has 6 heteroatoms. The molecule has 2 atom stereocenters. The number of nitrogens with zero attached hydrogens (tertiary/aromatic N) is 2. The molecular weight excluding hydrogens is 386 g/mol. The van der Waals surface area contributed by atoms with Gasteiger partial charge < -0.3 is 15.7 Å². The first-order valence-electron chi connectivity index (χ1n) is 11.3. The van der Waals surface area contributed by atoms with Crippen LogP contribution in [0.2, 0.25) is 0 Å². The van der Waals surface area contributed by atoms with Crippen molar-refractivity contribution in [1.29, 1.82) is 0 Å². The van der Waals surface area contributed by atoms with Gasteiger partial charge in [-0.15, -0.1) is 0 Å². The summed E-state index contributed by atoms with van der Waals surface area (Å²) in [6.45, 7) is 7.31. The molecule has 1 saturated heterocycles. The van der Waals surface area contributed by atoms with Gasteiger partial charge in [0.2, 0.25) is 0 Å². The Morgan fingerprint density at radius 2 is 2.03 bits per heavy atom. The third-order valence-corrected chi connectivity index (χ3v) is 6.04. The van der Waals surface area contributed by atoms with Crippen LogP contribution in [-0.4, -0.2) is 54.7 Å². The van der Waals surface area contributed by atoms with E-state index in [-0.39, 0.29) is 6.29 Å². The zero-order valence-corrected chi connectivity index (χ0v) is 18.2. The molecular formula is C25H33N5O. The average molecular weight is 420 g/mol. The quantitative estimate of drug-likeness (QED) is 0.503. The van der Waals surface area contributed by atoms with E-state index in [1.54, 1.807) is 12.1 Å². The Labute approximate surface area is 185 Å². The lowest BCUT2D eigenvalue weighted by atomic mass is 10.1. The standard InChI is InChI=1S/C25H33N5O/c1-2-30(22-11-13-26-17-22)18-20-4-3-5-21(16-20)24-12-15-28-25(29-24)27-14-10-19-6-8-23(31)9-7-19/h3-9,12,15-16,22,25-27,29,31H,2,10-11,13-14,17-18H2,1H3. The molecule has 2 aliphatic rings. The fraction of sp³-hybridized carbons (Fsp3) is 0.400. The first-order valence-corrected chi connectivity index (χ1v) is 11.3. The van der Waals surface area contributed by atoms with Crippen molar-refractivity contribution in [3.63, 3.8) is 0 Å². The van der Waals surface area contributed by atoms with E-state index in [1.165, 1.54) is 23.1 Å². The van der Waals surface area contributed by atoms with E-state index in [0.29, 0.717) is 11.8 Å². The predicted octanol–water partition coefficient (Wildman–Crippen LogP) is 2.71. The zero-order chi connectivity index (χ0) is 21.5. The van der Waals surface area contributed by atoms with Crippen LogP contribution in [0.5, 0.6) is 5.75 Å². The largest absolute Gasteiger partial charge is 0.508 e. The Balaban J connectivity index is 1.32. The fourth-order valence-electron chi connectivity index (χ4n) is 4.26. The lowest BCUT2D eigenvalue weighted by Crippen LogP contribution is -2.42. The summed E-state index contributed by atoms with van der Waals surface area (Å²) >= 11 is 0. The van der Waals surface area contributed by atoms with Crippen LogP contribution >= 0.6 is 0 Å². The molecule has 2 unspecified atom stereocenters. The molecule has 4 rings (SSSR count). The number of aromatic hydroxyl groups is 1. The normalized spacial score (nSPS) is 20.6. The van der Waals surface area contributed by atoms with Crippen molar-refractivity contribution in [2.45, 2.75) is 38.6 Å². The number of allylic oxidation sites excluding steroid dienone is 1. The summed E-state index contributed by atoms with van der Waals surface area (Å²) in [5.41, 5.74) is 4.80. The molecule has 2 aromatic rings. The van der Waals surface area contributed by atoms with E-state index < -0.39 is 0 Å². The molecule has 2 heterocycles. The van der Waals surface area contributed by atoms with Crippen LogP contribution in [-0.2, 0) is 13.0 Å². The minimum Gasteiger partial charge on any atom is -0.508 e. The third kappa shape index (κ3) is 5.94. The summed E-state index contributed by atoms with van der Waals surface area (Å²) in [4.78, 5) is 7.07. The molecule has 31 heavy (non-hydrogen) atoms. The maximum atomic E-state index is 9.40. The molecule has 6 nitrogen and oxygen atoms in total. The molecule has 0 spiro atoms. The number of nitrogens with one attached hydrogen (secondary N) is 3. The van der Waals surface area contributed by atoms with Gasteiger partial charge in [0.1, 0.15) is 5.75 Å². The van der Waals surface area contributed by atoms with E-state index in [2.05, 4.69) is 57.0 Å². The summed E-state index contributed by atoms with van der Waals surface area (Å²) in [6, 6.07) is 16.8. The highest BCUT2D eigenvalue weighted by Crippen LogP contribution is 2.19. The molecule has 0 bridgehead atoms. The van der Waals surface area contributed by atoms with Crippen LogP contribution in [0.4, 0.5) is 0 Å². The van der Waals surface area contributed by atoms with Crippen molar-refractivity contribution in [1.82, 2.24) is 20.9 Å². The van der Waals surface area contributed by atoms with E-state index >= 15 is 0 Å². The summed E-state index contributed by atoms with van der Waals surface area (Å²) in [5, 5.41) is 19.8. The minimum atomic E-state index is -0.141. The van der Waals surface area contributed by atoms with E-state index in [1.807, 2.05) is 24.4 Å². The van der Waals surface area contributed by atoms with E-state index in [4.69, 9.17) is 0 Å². The highest BCUT2D eigenvalue weighted by Gasteiger charge is 2.21. The number of benzene rings is 2. The highest BCUT2D eigenvalue weighted by atomic mass is 16.3. The van der Waals surface area contributed by atoms with Gasteiger partial charge in [-0.2, -0.15) is 0 Å². The number of aliphatic imine (C=N–C) groups is 1. The van der Waals surface area contributed by atoms with Crippen LogP contribution in [0, 0.1) is 0 Å². The van der Waals surface area contributed by atoms with Crippen molar-refractivity contribution in [3.8, 4) is 5.75 Å². The topological polar surface area (TPSA) is 71.9 Å². The lowest BCUT2D eigenvalue weighted by Gasteiger charge is -2.27. The van der Waals surface area contributed by atoms with Gasteiger partial charge in [-0.3, -0.25) is 15.2 Å². The second kappa shape index (κ2) is 10.6. The van der Waals surface area contributed by atoms with Gasteiger partial charge in [-0.1, -0.05) is 37.3 Å². The van der Waals surface area contributed by atoms with Crippen molar-refractivity contribution >= 4 is 11.9 Å². The molecule has 2 aromatic carbocycles. The summed E-state index contributed by atoms with van der Waals surface area (Å²) in [6.07, 6.45) is 5.88. The van der Waals surface area contributed by atoms with Crippen molar-refractivity contribution in [2.24, 2.45) is 4.99 Å². The summed E-state index contributed by atoms with van der Waals surface area (Å²) in [5.74, 6) is 0.300. The Hall–Kier alpha value is -2.67. The van der Waals surface area contributed by atoms with Gasteiger partial charge in [-0.25, -0.2) is 0 Å². The van der Waals surface area contributed by atoms with Crippen molar-refractivity contribution in [2.75, 3.05) is 26.2 Å². The smallest absolute Gasteiger partial charge is 0.173 e. The number of phenols is 1.